The Morgan fingerprint density at radius 3 is 3.00 bits per heavy atom. The second-order valence-electron chi connectivity index (χ2n) is 6.59. The molecule has 0 spiro atoms. The Morgan fingerprint density at radius 1 is 1.37 bits per heavy atom. The van der Waals surface area contributed by atoms with Gasteiger partial charge in [0.1, 0.15) is 17.1 Å². The molecule has 7 nitrogen and oxygen atoms in total. The molecule has 0 radical (unpaired) electrons. The highest BCUT2D eigenvalue weighted by atomic mass is 16.5. The maximum atomic E-state index is 12.4. The van der Waals surface area contributed by atoms with Crippen molar-refractivity contribution in [3.05, 3.63) is 59.5 Å². The Balaban J connectivity index is 1.43. The lowest BCUT2D eigenvalue weighted by Crippen LogP contribution is -2.27. The van der Waals surface area contributed by atoms with Gasteiger partial charge in [-0.15, -0.1) is 0 Å². The molecule has 7 heteroatoms. The number of nitrogens with one attached hydrogen (secondary N) is 2. The van der Waals surface area contributed by atoms with E-state index in [9.17, 15) is 9.59 Å². The molecule has 1 aliphatic rings. The summed E-state index contributed by atoms with van der Waals surface area (Å²) in [6.45, 7) is 2.33. The van der Waals surface area contributed by atoms with E-state index in [4.69, 9.17) is 4.74 Å². The van der Waals surface area contributed by atoms with Crippen molar-refractivity contribution in [3.8, 4) is 5.75 Å². The number of carbonyl (C=O) groups excluding carboxylic acids is 2. The minimum Gasteiger partial charge on any atom is -0.497 e. The second-order valence-corrected chi connectivity index (χ2v) is 6.59. The Morgan fingerprint density at radius 2 is 2.22 bits per heavy atom. The van der Waals surface area contributed by atoms with Crippen molar-refractivity contribution in [3.63, 3.8) is 0 Å². The maximum absolute atomic E-state index is 12.4. The Kier molecular flexibility index (Phi) is 4.27. The number of amides is 2. The van der Waals surface area contributed by atoms with E-state index in [1.165, 1.54) is 0 Å². The predicted octanol–water partition coefficient (Wildman–Crippen LogP) is 2.51. The number of nitrogens with zero attached hydrogens (tertiary/aromatic N) is 2. The predicted molar refractivity (Wildman–Crippen MR) is 101 cm³/mol. The fourth-order valence-electron chi connectivity index (χ4n) is 3.40. The molecule has 3 heterocycles. The average molecular weight is 364 g/mol. The van der Waals surface area contributed by atoms with Crippen molar-refractivity contribution >= 4 is 23.1 Å². The molecule has 27 heavy (non-hydrogen) atoms. The van der Waals surface area contributed by atoms with Crippen molar-refractivity contribution < 1.29 is 14.3 Å². The number of hydrogen-bond acceptors (Lipinski definition) is 4. The van der Waals surface area contributed by atoms with Crippen LogP contribution in [0.25, 0.3) is 5.65 Å². The summed E-state index contributed by atoms with van der Waals surface area (Å²) in [6, 6.07) is 9.38. The minimum atomic E-state index is -0.307. The number of aryl methyl sites for hydroxylation is 1. The lowest BCUT2D eigenvalue weighted by Gasteiger charge is -2.10. The fourth-order valence-corrected chi connectivity index (χ4v) is 3.40. The van der Waals surface area contributed by atoms with E-state index in [2.05, 4.69) is 15.6 Å². The van der Waals surface area contributed by atoms with Gasteiger partial charge in [0.2, 0.25) is 5.91 Å². The highest BCUT2D eigenvalue weighted by molar-refractivity contribution is 6.03. The van der Waals surface area contributed by atoms with E-state index < -0.39 is 0 Å². The molecule has 138 valence electrons. The van der Waals surface area contributed by atoms with E-state index in [0.29, 0.717) is 24.4 Å². The van der Waals surface area contributed by atoms with Gasteiger partial charge in [0.05, 0.1) is 13.0 Å². The topological polar surface area (TPSA) is 84.7 Å². The summed E-state index contributed by atoms with van der Waals surface area (Å²) >= 11 is 0. The number of hydrogen-bond donors (Lipinski definition) is 2. The van der Waals surface area contributed by atoms with Crippen LogP contribution in [-0.2, 0) is 4.79 Å². The number of rotatable bonds is 5. The summed E-state index contributed by atoms with van der Waals surface area (Å²) in [6.07, 6.45) is 4.07. The molecule has 0 unspecified atom stereocenters. The monoisotopic (exact) mass is 364 g/mol. The normalized spacial score (nSPS) is 15.5. The van der Waals surface area contributed by atoms with Gasteiger partial charge in [-0.25, -0.2) is 4.98 Å². The average Bonchev–Trinajstić information content (AvgIpc) is 3.23. The highest BCUT2D eigenvalue weighted by Crippen LogP contribution is 2.36. The maximum Gasteiger partial charge on any atom is 0.271 e. The van der Waals surface area contributed by atoms with Gasteiger partial charge in [-0.1, -0.05) is 6.07 Å². The number of anilines is 1. The zero-order valence-corrected chi connectivity index (χ0v) is 15.2. The fraction of sp³-hybridized carbons (Fsp3) is 0.250. The molecule has 0 fully saturated rings. The molecule has 1 atom stereocenters. The van der Waals surface area contributed by atoms with Crippen LogP contribution >= 0.6 is 0 Å². The summed E-state index contributed by atoms with van der Waals surface area (Å²) in [5.41, 5.74) is 3.83. The van der Waals surface area contributed by atoms with E-state index in [1.54, 1.807) is 13.3 Å². The Bertz CT molecular complexity index is 1040. The number of pyridine rings is 1. The quantitative estimate of drug-likeness (QED) is 0.728. The lowest BCUT2D eigenvalue weighted by molar-refractivity contribution is -0.117. The van der Waals surface area contributed by atoms with Gasteiger partial charge in [0, 0.05) is 24.6 Å². The zero-order valence-electron chi connectivity index (χ0n) is 15.2. The Labute approximate surface area is 156 Å². The van der Waals surface area contributed by atoms with Crippen LogP contribution in [0.15, 0.2) is 42.7 Å². The number of benzene rings is 1. The second kappa shape index (κ2) is 6.75. The molecule has 0 saturated carbocycles. The summed E-state index contributed by atoms with van der Waals surface area (Å²) < 4.78 is 7.07. The smallest absolute Gasteiger partial charge is 0.271 e. The van der Waals surface area contributed by atoms with Crippen LogP contribution in [0.2, 0.25) is 0 Å². The van der Waals surface area contributed by atoms with Crippen molar-refractivity contribution in [2.45, 2.75) is 19.3 Å². The number of methoxy groups -OCH3 is 1. The van der Waals surface area contributed by atoms with Gasteiger partial charge in [-0.05, 0) is 48.7 Å². The summed E-state index contributed by atoms with van der Waals surface area (Å²) in [5.74, 6) is 0.0938. The first-order valence-electron chi connectivity index (χ1n) is 8.78. The third kappa shape index (κ3) is 3.12. The van der Waals surface area contributed by atoms with E-state index in [-0.39, 0.29) is 17.7 Å². The molecule has 2 amide bonds. The van der Waals surface area contributed by atoms with Crippen LogP contribution in [0.3, 0.4) is 0 Å². The molecule has 4 rings (SSSR count). The molecular weight excluding hydrogens is 344 g/mol. The van der Waals surface area contributed by atoms with Crippen LogP contribution in [0.1, 0.15) is 34.0 Å². The van der Waals surface area contributed by atoms with Gasteiger partial charge in [-0.2, -0.15) is 0 Å². The number of imidazole rings is 1. The number of aromatic nitrogens is 2. The Hall–Kier alpha value is -3.35. The van der Waals surface area contributed by atoms with Crippen molar-refractivity contribution in [1.29, 1.82) is 0 Å². The molecule has 0 saturated heterocycles. The van der Waals surface area contributed by atoms with E-state index in [1.807, 2.05) is 47.9 Å². The molecule has 2 aromatic heterocycles. The van der Waals surface area contributed by atoms with Gasteiger partial charge < -0.3 is 19.8 Å². The number of fused-ring (bicyclic) bond motifs is 2. The van der Waals surface area contributed by atoms with E-state index in [0.717, 1.165) is 22.5 Å². The summed E-state index contributed by atoms with van der Waals surface area (Å²) in [4.78, 5) is 29.1. The first-order valence-corrected chi connectivity index (χ1v) is 8.78. The first-order chi connectivity index (χ1) is 13.1. The first kappa shape index (κ1) is 17.1. The van der Waals surface area contributed by atoms with Crippen LogP contribution in [0, 0.1) is 6.92 Å². The van der Waals surface area contributed by atoms with E-state index >= 15 is 0 Å². The van der Waals surface area contributed by atoms with Gasteiger partial charge in [-0.3, -0.25) is 9.59 Å². The van der Waals surface area contributed by atoms with Crippen LogP contribution in [0.4, 0.5) is 5.69 Å². The SMILES string of the molecule is COc1ccc2c(c1)[C@@H](CCNC(=O)c1cn3cccc(C)c3n1)C(=O)N2. The third-order valence-electron chi connectivity index (χ3n) is 4.84. The summed E-state index contributed by atoms with van der Waals surface area (Å²) in [5, 5.41) is 5.73. The standard InChI is InChI=1S/C20H20N4O3/c1-12-4-3-9-24-11-17(22-18(12)24)20(26)21-8-7-14-15-10-13(27-2)5-6-16(15)23-19(14)25/h3-6,9-11,14H,7-8H2,1-2H3,(H,21,26)(H,23,25)/t14-/m1/s1. The van der Waals surface area contributed by atoms with Crippen molar-refractivity contribution in [2.24, 2.45) is 0 Å². The van der Waals surface area contributed by atoms with Crippen molar-refractivity contribution in [1.82, 2.24) is 14.7 Å². The molecular formula is C20H20N4O3. The minimum absolute atomic E-state index is 0.0594. The number of ether oxygens (including phenoxy) is 1. The van der Waals surface area contributed by atoms with Crippen LogP contribution < -0.4 is 15.4 Å². The zero-order chi connectivity index (χ0) is 19.0. The molecule has 0 bridgehead atoms. The molecule has 1 aromatic carbocycles. The molecule has 2 N–H and O–H groups in total. The third-order valence-corrected chi connectivity index (χ3v) is 4.84. The summed E-state index contributed by atoms with van der Waals surface area (Å²) in [7, 11) is 1.59. The van der Waals surface area contributed by atoms with Crippen LogP contribution in [-0.4, -0.2) is 34.9 Å². The molecule has 1 aliphatic heterocycles. The molecule has 3 aromatic rings. The highest BCUT2D eigenvalue weighted by Gasteiger charge is 2.30. The van der Waals surface area contributed by atoms with Gasteiger partial charge in [0.25, 0.3) is 5.91 Å². The number of carbonyl (C=O) groups is 2. The largest absolute Gasteiger partial charge is 0.497 e. The lowest BCUT2D eigenvalue weighted by atomic mass is 9.97. The van der Waals surface area contributed by atoms with Gasteiger partial charge in [0.15, 0.2) is 0 Å². The van der Waals surface area contributed by atoms with Gasteiger partial charge >= 0.3 is 0 Å². The van der Waals surface area contributed by atoms with Crippen molar-refractivity contribution in [2.75, 3.05) is 19.0 Å². The molecule has 0 aliphatic carbocycles. The van der Waals surface area contributed by atoms with Crippen LogP contribution in [0.5, 0.6) is 5.75 Å².